The SMILES string of the molecule is CN1C(=O)N[C@H]2CN(C(=O)c3cn(-c4ccc5c(c4)CN(C4CCC(=O)NC4=O)C5=O)nn3)CC[C@H]21. The molecule has 2 aromatic rings. The minimum absolute atomic E-state index is 0.0751. The maximum atomic E-state index is 13.1. The van der Waals surface area contributed by atoms with Gasteiger partial charge in [0, 0.05) is 38.7 Å². The van der Waals surface area contributed by atoms with Crippen LogP contribution < -0.4 is 10.6 Å². The van der Waals surface area contributed by atoms with Crippen molar-refractivity contribution >= 4 is 29.7 Å². The summed E-state index contributed by atoms with van der Waals surface area (Å²) in [5, 5.41) is 13.4. The molecule has 1 unspecified atom stereocenters. The summed E-state index contributed by atoms with van der Waals surface area (Å²) in [5.74, 6) is -1.30. The number of nitrogens with one attached hydrogen (secondary N) is 2. The van der Waals surface area contributed by atoms with Crippen molar-refractivity contribution in [2.75, 3.05) is 20.1 Å². The first-order valence-corrected chi connectivity index (χ1v) is 11.8. The fourth-order valence-corrected chi connectivity index (χ4v) is 5.49. The number of likely N-dealkylation sites (tertiary alicyclic amines) is 1. The molecule has 6 rings (SSSR count). The van der Waals surface area contributed by atoms with Gasteiger partial charge in [-0.2, -0.15) is 0 Å². The van der Waals surface area contributed by atoms with Crippen LogP contribution >= 0.6 is 0 Å². The first-order valence-electron chi connectivity index (χ1n) is 11.8. The molecule has 13 heteroatoms. The van der Waals surface area contributed by atoms with Crippen molar-refractivity contribution in [2.24, 2.45) is 0 Å². The molecule has 0 bridgehead atoms. The summed E-state index contributed by atoms with van der Waals surface area (Å²) in [5.41, 5.74) is 2.04. The zero-order chi connectivity index (χ0) is 25.1. The van der Waals surface area contributed by atoms with Crippen LogP contribution in [0, 0.1) is 0 Å². The Morgan fingerprint density at radius 2 is 1.97 bits per heavy atom. The third kappa shape index (κ3) is 3.49. The van der Waals surface area contributed by atoms with Crippen molar-refractivity contribution in [3.63, 3.8) is 0 Å². The lowest BCUT2D eigenvalue weighted by molar-refractivity contribution is -0.136. The van der Waals surface area contributed by atoms with Crippen LogP contribution in [-0.2, 0) is 16.1 Å². The Kier molecular flexibility index (Phi) is 5.02. The molecule has 1 aromatic heterocycles. The number of hydrogen-bond donors (Lipinski definition) is 2. The standard InChI is InChI=1S/C23H24N8O5/c1-28-17-6-7-29(10-15(17)24-23(28)36)22(35)16-11-31(27-26-16)13-2-3-14-12(8-13)9-30(21(14)34)18-4-5-19(32)25-20(18)33/h2-3,8,11,15,17-18H,4-7,9-10H2,1H3,(H,24,36)(H,25,32,33)/t15-,17+,18?/m0/s1. The van der Waals surface area contributed by atoms with Crippen molar-refractivity contribution in [3.05, 3.63) is 41.2 Å². The van der Waals surface area contributed by atoms with Gasteiger partial charge in [0.15, 0.2) is 5.69 Å². The first kappa shape index (κ1) is 22.2. The molecule has 0 saturated carbocycles. The molecular weight excluding hydrogens is 468 g/mol. The number of fused-ring (bicyclic) bond motifs is 2. The number of hydrogen-bond acceptors (Lipinski definition) is 7. The zero-order valence-electron chi connectivity index (χ0n) is 19.5. The van der Waals surface area contributed by atoms with Gasteiger partial charge >= 0.3 is 6.03 Å². The minimum atomic E-state index is -0.685. The molecule has 4 aliphatic heterocycles. The van der Waals surface area contributed by atoms with E-state index in [1.807, 2.05) is 0 Å². The molecule has 4 aliphatic rings. The van der Waals surface area contributed by atoms with Gasteiger partial charge in [-0.05, 0) is 36.6 Å². The Balaban J connectivity index is 1.17. The Bertz CT molecular complexity index is 1320. The predicted octanol–water partition coefficient (Wildman–Crippen LogP) is -0.734. The van der Waals surface area contributed by atoms with Crippen LogP contribution in [0.5, 0.6) is 0 Å². The molecule has 5 heterocycles. The van der Waals surface area contributed by atoms with Gasteiger partial charge in [0.1, 0.15) is 6.04 Å². The maximum absolute atomic E-state index is 13.1. The Labute approximate surface area is 205 Å². The number of likely N-dealkylation sites (N-methyl/N-ethyl adjacent to an activating group) is 1. The van der Waals surface area contributed by atoms with E-state index in [2.05, 4.69) is 20.9 Å². The molecule has 2 N–H and O–H groups in total. The molecule has 3 atom stereocenters. The largest absolute Gasteiger partial charge is 0.335 e. The Morgan fingerprint density at radius 1 is 1.14 bits per heavy atom. The quantitative estimate of drug-likeness (QED) is 0.536. The lowest BCUT2D eigenvalue weighted by Crippen LogP contribution is -2.52. The minimum Gasteiger partial charge on any atom is -0.335 e. The van der Waals surface area contributed by atoms with Crippen LogP contribution in [0.2, 0.25) is 0 Å². The third-order valence-corrected chi connectivity index (χ3v) is 7.47. The number of urea groups is 1. The average molecular weight is 492 g/mol. The second-order valence-corrected chi connectivity index (χ2v) is 9.56. The first-order chi connectivity index (χ1) is 17.3. The van der Waals surface area contributed by atoms with Crippen LogP contribution in [-0.4, -0.2) is 97.6 Å². The smallest absolute Gasteiger partial charge is 0.317 e. The molecule has 6 amide bonds. The summed E-state index contributed by atoms with van der Waals surface area (Å²) >= 11 is 0. The zero-order valence-corrected chi connectivity index (χ0v) is 19.5. The van der Waals surface area contributed by atoms with Gasteiger partial charge in [-0.25, -0.2) is 9.48 Å². The number of imide groups is 1. The second kappa shape index (κ2) is 8.14. The van der Waals surface area contributed by atoms with Crippen LogP contribution in [0.1, 0.15) is 45.7 Å². The van der Waals surface area contributed by atoms with E-state index in [0.29, 0.717) is 37.2 Å². The monoisotopic (exact) mass is 492 g/mol. The molecule has 3 fully saturated rings. The van der Waals surface area contributed by atoms with Crippen LogP contribution in [0.15, 0.2) is 24.4 Å². The van der Waals surface area contributed by atoms with Gasteiger partial charge in [0.25, 0.3) is 11.8 Å². The van der Waals surface area contributed by atoms with Crippen molar-refractivity contribution in [2.45, 2.75) is 43.9 Å². The average Bonchev–Trinajstić information content (AvgIpc) is 3.55. The summed E-state index contributed by atoms with van der Waals surface area (Å²) in [4.78, 5) is 66.5. The summed E-state index contributed by atoms with van der Waals surface area (Å²) < 4.78 is 1.48. The molecule has 3 saturated heterocycles. The third-order valence-electron chi connectivity index (χ3n) is 7.47. The van der Waals surface area contributed by atoms with E-state index < -0.39 is 11.9 Å². The number of amides is 6. The number of carbonyl (C=O) groups is 5. The summed E-state index contributed by atoms with van der Waals surface area (Å²) in [7, 11) is 1.76. The van der Waals surface area contributed by atoms with E-state index in [-0.39, 0.29) is 54.5 Å². The van der Waals surface area contributed by atoms with E-state index in [9.17, 15) is 24.0 Å². The number of piperidine rings is 2. The Morgan fingerprint density at radius 3 is 2.78 bits per heavy atom. The van der Waals surface area contributed by atoms with Gasteiger partial charge in [0.05, 0.1) is 24.0 Å². The summed E-state index contributed by atoms with van der Waals surface area (Å²) in [6.07, 6.45) is 2.72. The van der Waals surface area contributed by atoms with Gasteiger partial charge in [-0.3, -0.25) is 24.5 Å². The van der Waals surface area contributed by atoms with Crippen LogP contribution in [0.25, 0.3) is 5.69 Å². The normalized spacial score (nSPS) is 25.6. The van der Waals surface area contributed by atoms with E-state index >= 15 is 0 Å². The fourth-order valence-electron chi connectivity index (χ4n) is 5.49. The highest BCUT2D eigenvalue weighted by atomic mass is 16.2. The maximum Gasteiger partial charge on any atom is 0.317 e. The lowest BCUT2D eigenvalue weighted by atomic mass is 10.00. The highest BCUT2D eigenvalue weighted by Gasteiger charge is 2.42. The van der Waals surface area contributed by atoms with Gasteiger partial charge in [-0.1, -0.05) is 5.21 Å². The molecule has 0 aliphatic carbocycles. The number of rotatable bonds is 3. The summed E-state index contributed by atoms with van der Waals surface area (Å²) in [6.45, 7) is 1.16. The molecule has 13 nitrogen and oxygen atoms in total. The second-order valence-electron chi connectivity index (χ2n) is 9.56. The Hall–Kier alpha value is -4.29. The summed E-state index contributed by atoms with van der Waals surface area (Å²) in [6, 6.07) is 4.32. The molecule has 0 spiro atoms. The highest BCUT2D eigenvalue weighted by molar-refractivity contribution is 6.05. The van der Waals surface area contributed by atoms with Crippen LogP contribution in [0.4, 0.5) is 4.79 Å². The predicted molar refractivity (Wildman–Crippen MR) is 122 cm³/mol. The number of aromatic nitrogens is 3. The molecule has 36 heavy (non-hydrogen) atoms. The van der Waals surface area contributed by atoms with E-state index in [1.165, 1.54) is 9.58 Å². The molecule has 186 valence electrons. The number of nitrogens with zero attached hydrogens (tertiary/aromatic N) is 6. The van der Waals surface area contributed by atoms with Gasteiger partial charge in [-0.15, -0.1) is 5.10 Å². The highest BCUT2D eigenvalue weighted by Crippen LogP contribution is 2.29. The van der Waals surface area contributed by atoms with Gasteiger partial charge < -0.3 is 20.0 Å². The van der Waals surface area contributed by atoms with Crippen molar-refractivity contribution < 1.29 is 24.0 Å². The van der Waals surface area contributed by atoms with Gasteiger partial charge in [0.2, 0.25) is 11.8 Å². The van der Waals surface area contributed by atoms with Crippen molar-refractivity contribution in [1.82, 2.24) is 40.3 Å². The molecule has 1 aromatic carbocycles. The van der Waals surface area contributed by atoms with E-state index in [4.69, 9.17) is 0 Å². The van der Waals surface area contributed by atoms with E-state index in [1.54, 1.807) is 41.2 Å². The van der Waals surface area contributed by atoms with Crippen LogP contribution in [0.3, 0.4) is 0 Å². The lowest BCUT2D eigenvalue weighted by Gasteiger charge is -2.35. The topological polar surface area (TPSA) is 150 Å². The van der Waals surface area contributed by atoms with Crippen molar-refractivity contribution in [3.8, 4) is 5.69 Å². The van der Waals surface area contributed by atoms with Crippen molar-refractivity contribution in [1.29, 1.82) is 0 Å². The molecular formula is C23H24N8O5. The van der Waals surface area contributed by atoms with E-state index in [0.717, 1.165) is 5.56 Å². The number of benzene rings is 1. The molecule has 0 radical (unpaired) electrons. The number of carbonyl (C=O) groups excluding carboxylic acids is 5. The fraction of sp³-hybridized carbons (Fsp3) is 0.435.